The molecule has 0 radical (unpaired) electrons. The van der Waals surface area contributed by atoms with E-state index in [0.29, 0.717) is 10.9 Å². The lowest BCUT2D eigenvalue weighted by Gasteiger charge is -2.11. The SMILES string of the molecule is C=N/C(C(N)=O)=C(/NC)SCNc1ccc2ccc(F)cc2c1. The highest BCUT2D eigenvalue weighted by molar-refractivity contribution is 8.03. The van der Waals surface area contributed by atoms with Crippen LogP contribution < -0.4 is 16.4 Å². The monoisotopic (exact) mass is 332 g/mol. The zero-order chi connectivity index (χ0) is 16.8. The van der Waals surface area contributed by atoms with Gasteiger partial charge >= 0.3 is 0 Å². The molecule has 0 fully saturated rings. The third-order valence-electron chi connectivity index (χ3n) is 3.13. The Labute approximate surface area is 137 Å². The predicted octanol–water partition coefficient (Wildman–Crippen LogP) is 2.66. The molecule has 7 heteroatoms. The molecule has 23 heavy (non-hydrogen) atoms. The summed E-state index contributed by atoms with van der Waals surface area (Å²) < 4.78 is 13.3. The van der Waals surface area contributed by atoms with Crippen molar-refractivity contribution >= 4 is 40.8 Å². The minimum Gasteiger partial charge on any atom is -0.381 e. The van der Waals surface area contributed by atoms with Crippen LogP contribution in [0.1, 0.15) is 0 Å². The van der Waals surface area contributed by atoms with Crippen LogP contribution in [0.5, 0.6) is 0 Å². The smallest absolute Gasteiger partial charge is 0.269 e. The van der Waals surface area contributed by atoms with Crippen LogP contribution in [0.25, 0.3) is 10.8 Å². The molecule has 0 aliphatic rings. The van der Waals surface area contributed by atoms with E-state index in [1.54, 1.807) is 13.1 Å². The highest BCUT2D eigenvalue weighted by Crippen LogP contribution is 2.22. The Kier molecular flexibility index (Phi) is 5.59. The number of carbonyl (C=O) groups is 1. The van der Waals surface area contributed by atoms with Crippen molar-refractivity contribution in [2.24, 2.45) is 10.7 Å². The van der Waals surface area contributed by atoms with E-state index in [0.717, 1.165) is 16.5 Å². The first-order chi connectivity index (χ1) is 11.0. The number of nitrogens with zero attached hydrogens (tertiary/aromatic N) is 1. The molecule has 2 aromatic rings. The first-order valence-corrected chi connectivity index (χ1v) is 7.78. The Morgan fingerprint density at radius 2 is 2.04 bits per heavy atom. The second-order valence-corrected chi connectivity index (χ2v) is 5.61. The van der Waals surface area contributed by atoms with Crippen LogP contribution in [0.2, 0.25) is 0 Å². The quantitative estimate of drug-likeness (QED) is 0.414. The molecule has 0 aromatic heterocycles. The second-order valence-electron chi connectivity index (χ2n) is 4.62. The summed E-state index contributed by atoms with van der Waals surface area (Å²) in [6.45, 7) is 3.34. The third-order valence-corrected chi connectivity index (χ3v) is 4.10. The highest BCUT2D eigenvalue weighted by atomic mass is 32.2. The number of anilines is 1. The van der Waals surface area contributed by atoms with E-state index in [1.165, 1.54) is 23.9 Å². The molecule has 0 saturated heterocycles. The van der Waals surface area contributed by atoms with Crippen LogP contribution >= 0.6 is 11.8 Å². The van der Waals surface area contributed by atoms with Gasteiger partial charge in [0.2, 0.25) is 0 Å². The molecule has 0 bridgehead atoms. The maximum atomic E-state index is 13.3. The van der Waals surface area contributed by atoms with Gasteiger partial charge in [0.15, 0.2) is 5.70 Å². The average Bonchev–Trinajstić information content (AvgIpc) is 2.53. The fraction of sp³-hybridized carbons (Fsp3) is 0.125. The summed E-state index contributed by atoms with van der Waals surface area (Å²) in [5.41, 5.74) is 6.19. The van der Waals surface area contributed by atoms with Crippen LogP contribution in [0.3, 0.4) is 0 Å². The Bertz CT molecular complexity index is 776. The van der Waals surface area contributed by atoms with E-state index in [1.807, 2.05) is 18.2 Å². The lowest BCUT2D eigenvalue weighted by atomic mass is 10.1. The van der Waals surface area contributed by atoms with E-state index in [4.69, 9.17) is 5.73 Å². The number of carbonyl (C=O) groups excluding carboxylic acids is 1. The number of rotatable bonds is 7. The summed E-state index contributed by atoms with van der Waals surface area (Å²) in [7, 11) is 1.68. The topological polar surface area (TPSA) is 79.5 Å². The largest absolute Gasteiger partial charge is 0.381 e. The van der Waals surface area contributed by atoms with Crippen LogP contribution in [-0.2, 0) is 4.79 Å². The summed E-state index contributed by atoms with van der Waals surface area (Å²) in [6.07, 6.45) is 0. The van der Waals surface area contributed by atoms with Gasteiger partial charge in [0.1, 0.15) is 10.8 Å². The van der Waals surface area contributed by atoms with E-state index in [9.17, 15) is 9.18 Å². The Hall–Kier alpha value is -2.54. The first kappa shape index (κ1) is 16.8. The second kappa shape index (κ2) is 7.64. The molecular weight excluding hydrogens is 315 g/mol. The number of primary amides is 1. The summed E-state index contributed by atoms with van der Waals surface area (Å²) >= 11 is 1.33. The number of hydrogen-bond acceptors (Lipinski definition) is 5. The fourth-order valence-electron chi connectivity index (χ4n) is 2.04. The zero-order valence-corrected chi connectivity index (χ0v) is 13.4. The van der Waals surface area contributed by atoms with Gasteiger partial charge in [-0.1, -0.05) is 23.9 Å². The van der Waals surface area contributed by atoms with Crippen molar-refractivity contribution in [3.63, 3.8) is 0 Å². The van der Waals surface area contributed by atoms with Gasteiger partial charge in [-0.05, 0) is 41.8 Å². The van der Waals surface area contributed by atoms with Crippen LogP contribution in [0.4, 0.5) is 10.1 Å². The van der Waals surface area contributed by atoms with Crippen LogP contribution in [0.15, 0.2) is 52.1 Å². The number of amides is 1. The van der Waals surface area contributed by atoms with Crippen molar-refractivity contribution < 1.29 is 9.18 Å². The van der Waals surface area contributed by atoms with Gasteiger partial charge in [-0.2, -0.15) is 0 Å². The molecule has 120 valence electrons. The van der Waals surface area contributed by atoms with Crippen molar-refractivity contribution in [2.45, 2.75) is 0 Å². The third kappa shape index (κ3) is 4.23. The van der Waals surface area contributed by atoms with Gasteiger partial charge in [-0.3, -0.25) is 9.79 Å². The Morgan fingerprint density at radius 1 is 1.30 bits per heavy atom. The van der Waals surface area contributed by atoms with Gasteiger partial charge in [-0.25, -0.2) is 4.39 Å². The number of nitrogens with one attached hydrogen (secondary N) is 2. The standard InChI is InChI=1S/C16H17FN4OS/c1-19-14(15(18)22)16(20-2)23-9-21-13-6-4-10-3-5-12(17)7-11(10)8-13/h3-8,20-21H,1,9H2,2H3,(H2,18,22)/b16-14-. The zero-order valence-electron chi connectivity index (χ0n) is 12.6. The molecule has 0 heterocycles. The number of thioether (sulfide) groups is 1. The molecule has 0 aliphatic heterocycles. The number of nitrogens with two attached hydrogens (primary N) is 1. The molecule has 1 amide bonds. The van der Waals surface area contributed by atoms with Gasteiger partial charge in [-0.15, -0.1) is 0 Å². The molecule has 5 nitrogen and oxygen atoms in total. The molecule has 0 atom stereocenters. The Balaban J connectivity index is 2.08. The number of benzene rings is 2. The van der Waals surface area contributed by atoms with Gasteiger partial charge in [0, 0.05) is 12.7 Å². The van der Waals surface area contributed by atoms with Gasteiger partial charge in [0.05, 0.1) is 5.88 Å². The molecule has 2 aromatic carbocycles. The summed E-state index contributed by atoms with van der Waals surface area (Å²) in [5.74, 6) is -0.436. The van der Waals surface area contributed by atoms with Crippen molar-refractivity contribution in [1.82, 2.24) is 5.32 Å². The lowest BCUT2D eigenvalue weighted by molar-refractivity contribution is -0.114. The summed E-state index contributed by atoms with van der Waals surface area (Å²) in [5, 5.41) is 8.38. The minimum atomic E-state index is -0.641. The average molecular weight is 332 g/mol. The highest BCUT2D eigenvalue weighted by Gasteiger charge is 2.10. The molecule has 0 aliphatic carbocycles. The minimum absolute atomic E-state index is 0.0971. The summed E-state index contributed by atoms with van der Waals surface area (Å²) in [4.78, 5) is 14.9. The molecule has 0 spiro atoms. The molecule has 2 rings (SSSR count). The first-order valence-electron chi connectivity index (χ1n) is 6.79. The normalized spacial score (nSPS) is 11.7. The summed E-state index contributed by atoms with van der Waals surface area (Å²) in [6, 6.07) is 10.3. The molecule has 0 saturated carbocycles. The van der Waals surface area contributed by atoms with E-state index < -0.39 is 5.91 Å². The van der Waals surface area contributed by atoms with E-state index in [-0.39, 0.29) is 11.5 Å². The predicted molar refractivity (Wildman–Crippen MR) is 94.8 cm³/mol. The molecular formula is C16H17FN4OS. The van der Waals surface area contributed by atoms with Crippen molar-refractivity contribution in [1.29, 1.82) is 0 Å². The number of aliphatic imine (C=N–C) groups is 1. The van der Waals surface area contributed by atoms with Crippen molar-refractivity contribution in [2.75, 3.05) is 18.2 Å². The van der Waals surface area contributed by atoms with Crippen LogP contribution in [0, 0.1) is 5.82 Å². The maximum absolute atomic E-state index is 13.3. The lowest BCUT2D eigenvalue weighted by Crippen LogP contribution is -2.19. The number of fused-ring (bicyclic) bond motifs is 1. The van der Waals surface area contributed by atoms with E-state index >= 15 is 0 Å². The van der Waals surface area contributed by atoms with Crippen molar-refractivity contribution in [3.05, 3.63) is 52.9 Å². The molecule has 4 N–H and O–H groups in total. The van der Waals surface area contributed by atoms with E-state index in [2.05, 4.69) is 22.3 Å². The van der Waals surface area contributed by atoms with Gasteiger partial charge in [0.25, 0.3) is 5.91 Å². The fourth-order valence-corrected chi connectivity index (χ4v) is 2.87. The van der Waals surface area contributed by atoms with Gasteiger partial charge < -0.3 is 16.4 Å². The van der Waals surface area contributed by atoms with Crippen molar-refractivity contribution in [3.8, 4) is 0 Å². The molecule has 0 unspecified atom stereocenters. The Morgan fingerprint density at radius 3 is 2.70 bits per heavy atom. The maximum Gasteiger partial charge on any atom is 0.269 e. The number of halogens is 1. The van der Waals surface area contributed by atoms with Crippen LogP contribution in [-0.4, -0.2) is 25.5 Å². The number of hydrogen-bond donors (Lipinski definition) is 3.